The highest BCUT2D eigenvalue weighted by Crippen LogP contribution is 2.40. The number of aromatic nitrogens is 1. The molecule has 3 aromatic rings. The Balaban J connectivity index is 1.76. The van der Waals surface area contributed by atoms with Crippen molar-refractivity contribution in [3.8, 4) is 0 Å². The molecule has 2 heterocycles. The summed E-state index contributed by atoms with van der Waals surface area (Å²) in [5.74, 6) is 0. The summed E-state index contributed by atoms with van der Waals surface area (Å²) in [5, 5.41) is 1.26. The van der Waals surface area contributed by atoms with Crippen molar-refractivity contribution in [2.24, 2.45) is 4.99 Å². The summed E-state index contributed by atoms with van der Waals surface area (Å²) in [6.45, 7) is 6.60. The van der Waals surface area contributed by atoms with Crippen molar-refractivity contribution < 1.29 is 0 Å². The van der Waals surface area contributed by atoms with Gasteiger partial charge in [0.1, 0.15) is 0 Å². The van der Waals surface area contributed by atoms with Crippen molar-refractivity contribution in [3.05, 3.63) is 71.4 Å². The molecule has 0 aliphatic carbocycles. The normalized spacial score (nSPS) is 16.0. The van der Waals surface area contributed by atoms with Crippen LogP contribution in [0.4, 0.5) is 5.69 Å². The molecule has 2 aromatic carbocycles. The van der Waals surface area contributed by atoms with Gasteiger partial charge in [-0.05, 0) is 30.7 Å². The molecule has 0 fully saturated rings. The monoisotopic (exact) mass is 300 g/mol. The van der Waals surface area contributed by atoms with E-state index < -0.39 is 0 Å². The summed E-state index contributed by atoms with van der Waals surface area (Å²) >= 11 is 0. The number of benzene rings is 2. The molecular formula is C21H20N2. The number of nitrogens with one attached hydrogen (secondary N) is 1. The van der Waals surface area contributed by atoms with Gasteiger partial charge in [0, 0.05) is 27.6 Å². The van der Waals surface area contributed by atoms with Crippen LogP contribution < -0.4 is 0 Å². The van der Waals surface area contributed by atoms with Crippen LogP contribution in [0.5, 0.6) is 0 Å². The minimum absolute atomic E-state index is 0.0485. The first-order valence-corrected chi connectivity index (χ1v) is 8.01. The van der Waals surface area contributed by atoms with Crippen LogP contribution in [0.1, 0.15) is 30.7 Å². The molecule has 0 bridgehead atoms. The van der Waals surface area contributed by atoms with E-state index in [1.54, 1.807) is 0 Å². The van der Waals surface area contributed by atoms with Crippen LogP contribution in [0.15, 0.2) is 59.6 Å². The highest BCUT2D eigenvalue weighted by atomic mass is 14.8. The Kier molecular flexibility index (Phi) is 3.02. The number of rotatable bonds is 2. The van der Waals surface area contributed by atoms with E-state index in [4.69, 9.17) is 4.99 Å². The maximum absolute atomic E-state index is 4.83. The molecule has 0 saturated carbocycles. The Morgan fingerprint density at radius 1 is 0.957 bits per heavy atom. The second kappa shape index (κ2) is 4.95. The van der Waals surface area contributed by atoms with Crippen LogP contribution in [-0.2, 0) is 5.41 Å². The lowest BCUT2D eigenvalue weighted by Crippen LogP contribution is -2.23. The molecule has 0 spiro atoms. The summed E-state index contributed by atoms with van der Waals surface area (Å²) in [5.41, 5.74) is 7.08. The van der Waals surface area contributed by atoms with Gasteiger partial charge in [-0.25, -0.2) is 0 Å². The Morgan fingerprint density at radius 3 is 2.52 bits per heavy atom. The number of nitrogens with zero attached hydrogens (tertiary/aromatic N) is 1. The third-order valence-electron chi connectivity index (χ3n) is 4.81. The van der Waals surface area contributed by atoms with Gasteiger partial charge in [0.2, 0.25) is 0 Å². The molecular weight excluding hydrogens is 280 g/mol. The summed E-state index contributed by atoms with van der Waals surface area (Å²) in [7, 11) is 0. The molecule has 1 aliphatic rings. The number of hydrogen-bond donors (Lipinski definition) is 1. The maximum atomic E-state index is 4.83. The van der Waals surface area contributed by atoms with Gasteiger partial charge in [-0.1, -0.05) is 56.3 Å². The van der Waals surface area contributed by atoms with Crippen LogP contribution in [0.2, 0.25) is 0 Å². The predicted molar refractivity (Wildman–Crippen MR) is 98.6 cm³/mol. The molecule has 0 amide bonds. The second-order valence-electron chi connectivity index (χ2n) is 6.68. The predicted octanol–water partition coefficient (Wildman–Crippen LogP) is 5.55. The summed E-state index contributed by atoms with van der Waals surface area (Å²) in [6.07, 6.45) is 4.36. The zero-order valence-electron chi connectivity index (χ0n) is 13.7. The minimum Gasteiger partial charge on any atom is -0.358 e. The molecule has 0 radical (unpaired) electrons. The molecule has 114 valence electrons. The Bertz CT molecular complexity index is 955. The lowest BCUT2D eigenvalue weighted by atomic mass is 9.81. The summed E-state index contributed by atoms with van der Waals surface area (Å²) < 4.78 is 0. The fourth-order valence-electron chi connectivity index (χ4n) is 3.43. The molecule has 1 aromatic heterocycles. The molecule has 4 rings (SSSR count). The first-order valence-electron chi connectivity index (χ1n) is 8.01. The fourth-order valence-corrected chi connectivity index (χ4v) is 3.43. The second-order valence-corrected chi connectivity index (χ2v) is 6.68. The lowest BCUT2D eigenvalue weighted by Gasteiger charge is -2.20. The summed E-state index contributed by atoms with van der Waals surface area (Å²) in [4.78, 5) is 8.28. The van der Waals surface area contributed by atoms with Crippen molar-refractivity contribution in [1.82, 2.24) is 4.98 Å². The van der Waals surface area contributed by atoms with E-state index in [1.165, 1.54) is 27.7 Å². The largest absolute Gasteiger partial charge is 0.358 e. The van der Waals surface area contributed by atoms with Crippen molar-refractivity contribution >= 4 is 28.4 Å². The number of aromatic amines is 1. The number of H-pyrrole nitrogens is 1. The number of aliphatic imine (C=N–C) groups is 1. The highest BCUT2D eigenvalue weighted by molar-refractivity contribution is 6.11. The molecule has 1 aliphatic heterocycles. The van der Waals surface area contributed by atoms with E-state index in [9.17, 15) is 0 Å². The molecule has 2 heteroatoms. The fraction of sp³-hybridized carbons (Fsp3) is 0.190. The van der Waals surface area contributed by atoms with Gasteiger partial charge in [0.25, 0.3) is 0 Å². The Hall–Kier alpha value is -2.61. The number of allylic oxidation sites excluding steroid dienone is 1. The van der Waals surface area contributed by atoms with E-state index in [0.717, 1.165) is 11.4 Å². The van der Waals surface area contributed by atoms with Crippen LogP contribution in [0, 0.1) is 6.92 Å². The first-order chi connectivity index (χ1) is 11.1. The molecule has 23 heavy (non-hydrogen) atoms. The molecule has 1 N–H and O–H groups in total. The summed E-state index contributed by atoms with van der Waals surface area (Å²) in [6, 6.07) is 16.8. The smallest absolute Gasteiger partial charge is 0.0674 e. The van der Waals surface area contributed by atoms with E-state index >= 15 is 0 Å². The van der Waals surface area contributed by atoms with Crippen molar-refractivity contribution in [1.29, 1.82) is 0 Å². The van der Waals surface area contributed by atoms with Gasteiger partial charge in [-0.15, -0.1) is 0 Å². The van der Waals surface area contributed by atoms with E-state index in [2.05, 4.69) is 86.4 Å². The van der Waals surface area contributed by atoms with Crippen molar-refractivity contribution in [3.63, 3.8) is 0 Å². The average molecular weight is 300 g/mol. The molecule has 0 unspecified atom stereocenters. The third kappa shape index (κ3) is 2.14. The maximum Gasteiger partial charge on any atom is 0.0674 e. The average Bonchev–Trinajstić information content (AvgIpc) is 2.99. The number of hydrogen-bond acceptors (Lipinski definition) is 1. The van der Waals surface area contributed by atoms with Gasteiger partial charge >= 0.3 is 0 Å². The zero-order chi connectivity index (χ0) is 16.0. The quantitative estimate of drug-likeness (QED) is 0.642. The minimum atomic E-state index is -0.0485. The van der Waals surface area contributed by atoms with Gasteiger partial charge in [0.05, 0.1) is 11.4 Å². The lowest BCUT2D eigenvalue weighted by molar-refractivity contribution is 0.740. The highest BCUT2D eigenvalue weighted by Gasteiger charge is 2.32. The first kappa shape index (κ1) is 14.0. The zero-order valence-corrected chi connectivity index (χ0v) is 13.7. The van der Waals surface area contributed by atoms with Crippen LogP contribution in [-0.4, -0.2) is 10.7 Å². The van der Waals surface area contributed by atoms with E-state index in [1.807, 2.05) is 0 Å². The van der Waals surface area contributed by atoms with Gasteiger partial charge in [-0.2, -0.15) is 0 Å². The van der Waals surface area contributed by atoms with Crippen LogP contribution in [0.25, 0.3) is 17.0 Å². The Morgan fingerprint density at radius 2 is 1.70 bits per heavy atom. The van der Waals surface area contributed by atoms with Gasteiger partial charge in [0.15, 0.2) is 0 Å². The topological polar surface area (TPSA) is 28.1 Å². The van der Waals surface area contributed by atoms with Gasteiger partial charge < -0.3 is 4.98 Å². The number of aryl methyl sites for hydroxylation is 1. The number of fused-ring (bicyclic) bond motifs is 2. The third-order valence-corrected chi connectivity index (χ3v) is 4.81. The Labute approximate surface area is 136 Å². The van der Waals surface area contributed by atoms with E-state index in [-0.39, 0.29) is 5.41 Å². The molecule has 2 nitrogen and oxygen atoms in total. The van der Waals surface area contributed by atoms with E-state index in [0.29, 0.717) is 0 Å². The molecule has 0 saturated heterocycles. The van der Waals surface area contributed by atoms with Crippen LogP contribution >= 0.6 is 0 Å². The van der Waals surface area contributed by atoms with Crippen molar-refractivity contribution in [2.45, 2.75) is 26.2 Å². The SMILES string of the molecule is Cc1[nH]c2ccccc2c1/C=C/C1=Nc2ccccc2C1(C)C. The standard InChI is InChI=1S/C21H20N2/c1-14-15(16-8-4-6-10-18(16)22-14)12-13-20-21(2,3)17-9-5-7-11-19(17)23-20/h4-13,22H,1-3H3/b13-12+. The number of para-hydroxylation sites is 2. The van der Waals surface area contributed by atoms with Gasteiger partial charge in [-0.3, -0.25) is 4.99 Å². The van der Waals surface area contributed by atoms with Crippen LogP contribution in [0.3, 0.4) is 0 Å². The molecule has 0 atom stereocenters. The van der Waals surface area contributed by atoms with Crippen molar-refractivity contribution in [2.75, 3.05) is 0 Å².